The minimum atomic E-state index is -3.83. The van der Waals surface area contributed by atoms with Crippen molar-refractivity contribution in [2.75, 3.05) is 19.8 Å². The van der Waals surface area contributed by atoms with Gasteiger partial charge >= 0.3 is 0 Å². The van der Waals surface area contributed by atoms with E-state index in [1.165, 1.54) is 18.2 Å². The number of hydrogen-bond acceptors (Lipinski definition) is 5. The summed E-state index contributed by atoms with van der Waals surface area (Å²) < 4.78 is 50.9. The minimum absolute atomic E-state index is 0.00489. The summed E-state index contributed by atoms with van der Waals surface area (Å²) in [6.45, 7) is 1.14. The van der Waals surface area contributed by atoms with Gasteiger partial charge in [0.05, 0.1) is 30.3 Å². The number of ether oxygens (including phenoxy) is 2. The van der Waals surface area contributed by atoms with Gasteiger partial charge in [-0.1, -0.05) is 6.07 Å². The topological polar surface area (TPSA) is 93.7 Å². The molecular weight excluding hydrogens is 363 g/mol. The molecule has 0 bridgehead atoms. The average Bonchev–Trinajstić information content (AvgIpc) is 2.61. The molecule has 1 aliphatic carbocycles. The molecule has 7 nitrogen and oxygen atoms in total. The molecule has 2 aliphatic rings. The van der Waals surface area contributed by atoms with Gasteiger partial charge in [0.1, 0.15) is 5.82 Å². The van der Waals surface area contributed by atoms with Crippen LogP contribution in [0.3, 0.4) is 0 Å². The van der Waals surface area contributed by atoms with E-state index >= 15 is 0 Å². The van der Waals surface area contributed by atoms with Gasteiger partial charge in [0.2, 0.25) is 15.9 Å². The number of fused-ring (bicyclic) bond motifs is 1. The molecule has 2 fully saturated rings. The number of nitrogens with one attached hydrogen (secondary N) is 2. The van der Waals surface area contributed by atoms with Gasteiger partial charge in [0.25, 0.3) is 0 Å². The Kier molecular flexibility index (Phi) is 6.23. The predicted molar refractivity (Wildman–Crippen MR) is 91.5 cm³/mol. The number of amides is 1. The van der Waals surface area contributed by atoms with Gasteiger partial charge in [-0.3, -0.25) is 4.79 Å². The fraction of sp³-hybridized carbons (Fsp3) is 0.588. The SMILES string of the molecule is O=C(CCNS(=O)(=O)c1cccc(F)c1)N[C@@H]1CC[C@@H]2OCCO[C@@H]2C1. The summed E-state index contributed by atoms with van der Waals surface area (Å²) in [4.78, 5) is 11.9. The lowest BCUT2D eigenvalue weighted by Gasteiger charge is -2.39. The third-order valence-electron chi connectivity index (χ3n) is 4.59. The number of hydrogen-bond donors (Lipinski definition) is 2. The normalized spacial score (nSPS) is 26.1. The fourth-order valence-electron chi connectivity index (χ4n) is 3.31. The summed E-state index contributed by atoms with van der Waals surface area (Å²) in [5.74, 6) is -0.859. The molecule has 2 N–H and O–H groups in total. The van der Waals surface area contributed by atoms with E-state index in [0.717, 1.165) is 18.9 Å². The van der Waals surface area contributed by atoms with Crippen LogP contribution in [0.4, 0.5) is 4.39 Å². The number of benzene rings is 1. The maximum atomic E-state index is 13.2. The van der Waals surface area contributed by atoms with Gasteiger partial charge in [-0.25, -0.2) is 17.5 Å². The number of carbonyl (C=O) groups is 1. The lowest BCUT2D eigenvalue weighted by molar-refractivity contribution is -0.158. The molecule has 26 heavy (non-hydrogen) atoms. The molecule has 0 radical (unpaired) electrons. The van der Waals surface area contributed by atoms with E-state index in [9.17, 15) is 17.6 Å². The third-order valence-corrected chi connectivity index (χ3v) is 6.05. The first-order chi connectivity index (χ1) is 12.4. The number of halogens is 1. The van der Waals surface area contributed by atoms with Crippen molar-refractivity contribution in [2.24, 2.45) is 0 Å². The fourth-order valence-corrected chi connectivity index (χ4v) is 4.38. The summed E-state index contributed by atoms with van der Waals surface area (Å²) >= 11 is 0. The van der Waals surface area contributed by atoms with Crippen LogP contribution in [-0.2, 0) is 24.3 Å². The summed E-state index contributed by atoms with van der Waals surface area (Å²) in [6.07, 6.45) is 2.47. The van der Waals surface area contributed by atoms with Crippen LogP contribution < -0.4 is 10.0 Å². The second kappa shape index (κ2) is 8.43. The van der Waals surface area contributed by atoms with Crippen molar-refractivity contribution in [1.82, 2.24) is 10.0 Å². The minimum Gasteiger partial charge on any atom is -0.373 e. The zero-order valence-corrected chi connectivity index (χ0v) is 15.1. The zero-order valence-electron chi connectivity index (χ0n) is 14.3. The highest BCUT2D eigenvalue weighted by Gasteiger charge is 2.34. The third kappa shape index (κ3) is 5.00. The van der Waals surface area contributed by atoms with Gasteiger partial charge in [0, 0.05) is 19.0 Å². The summed E-state index contributed by atoms with van der Waals surface area (Å²) in [7, 11) is -3.83. The highest BCUT2D eigenvalue weighted by atomic mass is 32.2. The predicted octanol–water partition coefficient (Wildman–Crippen LogP) is 0.947. The highest BCUT2D eigenvalue weighted by Crippen LogP contribution is 2.26. The quantitative estimate of drug-likeness (QED) is 0.759. The molecule has 1 saturated carbocycles. The molecule has 3 rings (SSSR count). The Balaban J connectivity index is 1.43. The van der Waals surface area contributed by atoms with Gasteiger partial charge in [-0.05, 0) is 37.5 Å². The van der Waals surface area contributed by atoms with E-state index in [1.807, 2.05) is 0 Å². The first-order valence-corrected chi connectivity index (χ1v) is 10.2. The molecular formula is C17H23FN2O5S. The van der Waals surface area contributed by atoms with E-state index in [-0.39, 0.29) is 42.0 Å². The second-order valence-electron chi connectivity index (χ2n) is 6.50. The smallest absolute Gasteiger partial charge is 0.240 e. The van der Waals surface area contributed by atoms with Crippen molar-refractivity contribution in [3.63, 3.8) is 0 Å². The van der Waals surface area contributed by atoms with Crippen LogP contribution >= 0.6 is 0 Å². The maximum Gasteiger partial charge on any atom is 0.240 e. The van der Waals surface area contributed by atoms with E-state index in [2.05, 4.69) is 10.0 Å². The van der Waals surface area contributed by atoms with Crippen molar-refractivity contribution in [3.05, 3.63) is 30.1 Å². The molecule has 1 amide bonds. The van der Waals surface area contributed by atoms with Gasteiger partial charge in [-0.15, -0.1) is 0 Å². The molecule has 0 unspecified atom stereocenters. The maximum absolute atomic E-state index is 13.2. The van der Waals surface area contributed by atoms with Crippen molar-refractivity contribution >= 4 is 15.9 Å². The van der Waals surface area contributed by atoms with E-state index in [0.29, 0.717) is 19.6 Å². The Labute approximate surface area is 152 Å². The van der Waals surface area contributed by atoms with Crippen LogP contribution in [0.5, 0.6) is 0 Å². The highest BCUT2D eigenvalue weighted by molar-refractivity contribution is 7.89. The molecule has 3 atom stereocenters. The van der Waals surface area contributed by atoms with E-state index in [4.69, 9.17) is 9.47 Å². The Morgan fingerprint density at radius 1 is 1.19 bits per heavy atom. The molecule has 1 heterocycles. The van der Waals surface area contributed by atoms with E-state index in [1.54, 1.807) is 0 Å². The summed E-state index contributed by atoms with van der Waals surface area (Å²) in [6, 6.07) is 4.74. The van der Waals surface area contributed by atoms with E-state index < -0.39 is 15.8 Å². The molecule has 0 aromatic heterocycles. The van der Waals surface area contributed by atoms with Crippen molar-refractivity contribution < 1.29 is 27.1 Å². The molecule has 9 heteroatoms. The van der Waals surface area contributed by atoms with Crippen molar-refractivity contribution in [2.45, 2.75) is 48.8 Å². The lowest BCUT2D eigenvalue weighted by Crippen LogP contribution is -2.49. The first-order valence-electron chi connectivity index (χ1n) is 8.72. The Hall–Kier alpha value is -1.55. The van der Waals surface area contributed by atoms with Crippen molar-refractivity contribution in [3.8, 4) is 0 Å². The number of carbonyl (C=O) groups excluding carboxylic acids is 1. The monoisotopic (exact) mass is 386 g/mol. The molecule has 1 aromatic rings. The van der Waals surface area contributed by atoms with Gasteiger partial charge < -0.3 is 14.8 Å². The van der Waals surface area contributed by atoms with Gasteiger partial charge in [-0.2, -0.15) is 0 Å². The summed E-state index contributed by atoms with van der Waals surface area (Å²) in [5, 5.41) is 2.92. The first kappa shape index (κ1) is 19.2. The second-order valence-corrected chi connectivity index (χ2v) is 8.27. The number of sulfonamides is 1. The van der Waals surface area contributed by atoms with Crippen molar-refractivity contribution in [1.29, 1.82) is 0 Å². The van der Waals surface area contributed by atoms with Gasteiger partial charge in [0.15, 0.2) is 0 Å². The molecule has 1 saturated heterocycles. The lowest BCUT2D eigenvalue weighted by atomic mass is 9.89. The standard InChI is InChI=1S/C17H23FN2O5S/c18-12-2-1-3-14(10-12)26(22,23)19-7-6-17(21)20-13-4-5-15-16(11-13)25-9-8-24-15/h1-3,10,13,15-16,19H,4-9,11H2,(H,20,21)/t13-,15+,16-/m1/s1. The molecule has 144 valence electrons. The Morgan fingerprint density at radius 3 is 2.73 bits per heavy atom. The van der Waals surface area contributed by atoms with Crippen LogP contribution in [0.2, 0.25) is 0 Å². The van der Waals surface area contributed by atoms with Crippen LogP contribution in [0.1, 0.15) is 25.7 Å². The Bertz CT molecular complexity index is 742. The summed E-state index contributed by atoms with van der Waals surface area (Å²) in [5.41, 5.74) is 0. The molecule has 1 aromatic carbocycles. The molecule has 1 aliphatic heterocycles. The Morgan fingerprint density at radius 2 is 1.96 bits per heavy atom. The largest absolute Gasteiger partial charge is 0.373 e. The van der Waals surface area contributed by atoms with Crippen LogP contribution in [0.15, 0.2) is 29.2 Å². The zero-order chi connectivity index (χ0) is 18.6. The molecule has 0 spiro atoms. The van der Waals surface area contributed by atoms with Crippen LogP contribution in [0, 0.1) is 5.82 Å². The number of rotatable bonds is 6. The average molecular weight is 386 g/mol. The van der Waals surface area contributed by atoms with Crippen LogP contribution in [0.25, 0.3) is 0 Å². The van der Waals surface area contributed by atoms with Crippen LogP contribution in [-0.4, -0.2) is 52.3 Å².